The third-order valence-corrected chi connectivity index (χ3v) is 9.66. The zero-order valence-electron chi connectivity index (χ0n) is 16.6. The van der Waals surface area contributed by atoms with Crippen LogP contribution in [-0.2, 0) is 23.9 Å². The number of ether oxygens (including phenoxy) is 2. The molecule has 0 bridgehead atoms. The van der Waals surface area contributed by atoms with Crippen LogP contribution in [0.4, 0.5) is 0 Å². The highest BCUT2D eigenvalue weighted by Crippen LogP contribution is 2.24. The Morgan fingerprint density at radius 2 is 1.88 bits per heavy atom. The fourth-order valence-electron chi connectivity index (χ4n) is 2.91. The number of rotatable bonds is 10. The van der Waals surface area contributed by atoms with Gasteiger partial charge in [0.2, 0.25) is 5.41 Å². The Labute approximate surface area is 157 Å². The van der Waals surface area contributed by atoms with Crippen molar-refractivity contribution in [3.63, 3.8) is 0 Å². The molecule has 0 aliphatic carbocycles. The number of carbonyl (C=O) groups is 3. The SMILES string of the molecule is CCC[C@H](OCOC(=O)C(=O)[Si](C)(C)C(C)C)N1CCCCC1C(=O)O. The topological polar surface area (TPSA) is 93.1 Å². The Balaban J connectivity index is 2.64. The van der Waals surface area contributed by atoms with Crippen LogP contribution in [0.15, 0.2) is 0 Å². The van der Waals surface area contributed by atoms with Gasteiger partial charge in [0.1, 0.15) is 20.3 Å². The maximum absolute atomic E-state index is 12.3. The van der Waals surface area contributed by atoms with Crippen molar-refractivity contribution in [2.75, 3.05) is 13.3 Å². The average molecular weight is 388 g/mol. The van der Waals surface area contributed by atoms with Gasteiger partial charge in [0.25, 0.3) is 0 Å². The third-order valence-electron chi connectivity index (χ3n) is 5.40. The first-order valence-electron chi connectivity index (χ1n) is 9.44. The lowest BCUT2D eigenvalue weighted by atomic mass is 10.0. The van der Waals surface area contributed by atoms with E-state index in [9.17, 15) is 19.5 Å². The zero-order chi connectivity index (χ0) is 19.9. The molecule has 0 radical (unpaired) electrons. The standard InChI is InChI=1S/C18H33NO6Si/c1-6-9-15(19-11-8-7-10-14(19)16(20)21)24-12-25-17(22)18(23)26(4,5)13(2)3/h13-15H,6-12H2,1-5H3,(H,20,21)/t14?,15-/m0/s1. The third kappa shape index (κ3) is 5.89. The first-order valence-corrected chi connectivity index (χ1v) is 12.5. The van der Waals surface area contributed by atoms with E-state index in [1.165, 1.54) is 0 Å². The van der Waals surface area contributed by atoms with Crippen molar-refractivity contribution in [2.45, 2.75) is 83.8 Å². The van der Waals surface area contributed by atoms with Gasteiger partial charge >= 0.3 is 11.9 Å². The lowest BCUT2D eigenvalue weighted by Gasteiger charge is -2.38. The van der Waals surface area contributed by atoms with E-state index < -0.39 is 37.7 Å². The number of hydrogen-bond donors (Lipinski definition) is 1. The summed E-state index contributed by atoms with van der Waals surface area (Å²) in [5, 5.41) is 8.99. The maximum Gasteiger partial charge on any atom is 0.371 e. The fraction of sp³-hybridized carbons (Fsp3) is 0.833. The van der Waals surface area contributed by atoms with Crippen molar-refractivity contribution in [2.24, 2.45) is 0 Å². The Morgan fingerprint density at radius 3 is 2.42 bits per heavy atom. The van der Waals surface area contributed by atoms with Gasteiger partial charge in [-0.15, -0.1) is 0 Å². The molecule has 1 N–H and O–H groups in total. The van der Waals surface area contributed by atoms with Gasteiger partial charge in [-0.3, -0.25) is 14.5 Å². The van der Waals surface area contributed by atoms with Crippen LogP contribution < -0.4 is 0 Å². The number of carbonyl (C=O) groups excluding carboxylic acids is 2. The molecule has 1 fully saturated rings. The van der Waals surface area contributed by atoms with Crippen LogP contribution in [0.25, 0.3) is 0 Å². The van der Waals surface area contributed by atoms with Crippen LogP contribution >= 0.6 is 0 Å². The Bertz CT molecular complexity index is 508. The number of esters is 1. The summed E-state index contributed by atoms with van der Waals surface area (Å²) in [6.07, 6.45) is 3.41. The maximum atomic E-state index is 12.3. The van der Waals surface area contributed by atoms with E-state index in [0.29, 0.717) is 19.4 Å². The van der Waals surface area contributed by atoms with E-state index in [0.717, 1.165) is 19.3 Å². The van der Waals surface area contributed by atoms with Gasteiger partial charge < -0.3 is 14.6 Å². The van der Waals surface area contributed by atoms with Gasteiger partial charge in [-0.2, -0.15) is 0 Å². The lowest BCUT2D eigenvalue weighted by Crippen LogP contribution is -2.51. The van der Waals surface area contributed by atoms with Gasteiger partial charge in [-0.05, 0) is 24.8 Å². The zero-order valence-corrected chi connectivity index (χ0v) is 17.6. The first kappa shape index (κ1) is 22.8. The minimum absolute atomic E-state index is 0.140. The van der Waals surface area contributed by atoms with Crippen molar-refractivity contribution in [1.82, 2.24) is 4.90 Å². The molecule has 0 amide bonds. The monoisotopic (exact) mass is 387 g/mol. The van der Waals surface area contributed by atoms with Gasteiger partial charge in [0.15, 0.2) is 6.79 Å². The molecule has 0 aromatic rings. The highest BCUT2D eigenvalue weighted by molar-refractivity contribution is 7.12. The van der Waals surface area contributed by atoms with E-state index in [4.69, 9.17) is 9.47 Å². The number of piperidine rings is 1. The fourth-order valence-corrected chi connectivity index (χ4v) is 4.04. The van der Waals surface area contributed by atoms with E-state index in [2.05, 4.69) is 0 Å². The van der Waals surface area contributed by atoms with Gasteiger partial charge in [-0.25, -0.2) is 4.79 Å². The molecule has 1 aliphatic heterocycles. The molecule has 150 valence electrons. The van der Waals surface area contributed by atoms with Crippen molar-refractivity contribution in [3.05, 3.63) is 0 Å². The van der Waals surface area contributed by atoms with Crippen molar-refractivity contribution < 1.29 is 29.0 Å². The molecule has 0 saturated carbocycles. The van der Waals surface area contributed by atoms with Crippen molar-refractivity contribution >= 4 is 25.4 Å². The molecular weight excluding hydrogens is 354 g/mol. The van der Waals surface area contributed by atoms with Crippen LogP contribution in [0.5, 0.6) is 0 Å². The van der Waals surface area contributed by atoms with E-state index in [-0.39, 0.29) is 12.3 Å². The molecule has 0 aromatic heterocycles. The number of nitrogens with zero attached hydrogens (tertiary/aromatic N) is 1. The van der Waals surface area contributed by atoms with E-state index in [1.54, 1.807) is 0 Å². The Hall–Kier alpha value is -1.25. The number of hydrogen-bond acceptors (Lipinski definition) is 6. The molecule has 1 rings (SSSR count). The van der Waals surface area contributed by atoms with E-state index >= 15 is 0 Å². The molecule has 1 saturated heterocycles. The van der Waals surface area contributed by atoms with E-state index in [1.807, 2.05) is 38.8 Å². The summed E-state index contributed by atoms with van der Waals surface area (Å²) < 4.78 is 10.7. The number of aliphatic carboxylic acids is 1. The second-order valence-electron chi connectivity index (χ2n) is 7.75. The summed E-state index contributed by atoms with van der Waals surface area (Å²) in [7, 11) is -2.35. The van der Waals surface area contributed by atoms with Gasteiger partial charge in [-0.1, -0.05) is 46.7 Å². The minimum atomic E-state index is -2.35. The summed E-state index contributed by atoms with van der Waals surface area (Å²) in [5.74, 6) is -1.70. The minimum Gasteiger partial charge on any atom is -0.480 e. The van der Waals surface area contributed by atoms with Gasteiger partial charge in [0, 0.05) is 6.54 Å². The second-order valence-corrected chi connectivity index (χ2v) is 12.8. The van der Waals surface area contributed by atoms with Crippen molar-refractivity contribution in [1.29, 1.82) is 0 Å². The molecule has 8 heteroatoms. The molecule has 0 spiro atoms. The normalized spacial score (nSPS) is 20.0. The van der Waals surface area contributed by atoms with Crippen molar-refractivity contribution in [3.8, 4) is 0 Å². The highest BCUT2D eigenvalue weighted by atomic mass is 28.3. The number of carboxylic acid groups (broad SMARTS) is 1. The van der Waals surface area contributed by atoms with Gasteiger partial charge in [0.05, 0.1) is 0 Å². The number of carboxylic acids is 1. The van der Waals surface area contributed by atoms with Crippen LogP contribution in [0, 0.1) is 0 Å². The largest absolute Gasteiger partial charge is 0.480 e. The molecule has 7 nitrogen and oxygen atoms in total. The molecule has 26 heavy (non-hydrogen) atoms. The summed E-state index contributed by atoms with van der Waals surface area (Å²) >= 11 is 0. The van der Waals surface area contributed by atoms with Crippen LogP contribution in [0.3, 0.4) is 0 Å². The summed E-state index contributed by atoms with van der Waals surface area (Å²) in [6.45, 7) is 9.88. The Kier molecular flexibility index (Phi) is 8.92. The number of likely N-dealkylation sites (tertiary alicyclic amines) is 1. The molecule has 0 aromatic carbocycles. The summed E-state index contributed by atoms with van der Waals surface area (Å²) in [4.78, 5) is 37.7. The molecular formula is C18H33NO6Si. The quantitative estimate of drug-likeness (QED) is 0.267. The predicted octanol–water partition coefficient (Wildman–Crippen LogP) is 2.80. The smallest absolute Gasteiger partial charge is 0.371 e. The molecule has 1 heterocycles. The molecule has 2 atom stereocenters. The van der Waals surface area contributed by atoms with Crippen LogP contribution in [0.2, 0.25) is 18.6 Å². The Morgan fingerprint density at radius 1 is 1.23 bits per heavy atom. The first-order chi connectivity index (χ1) is 12.1. The summed E-state index contributed by atoms with van der Waals surface area (Å²) in [5.41, 5.74) is 0.140. The highest BCUT2D eigenvalue weighted by Gasteiger charge is 2.39. The predicted molar refractivity (Wildman–Crippen MR) is 100 cm³/mol. The lowest BCUT2D eigenvalue weighted by molar-refractivity contribution is -0.184. The molecule has 1 aliphatic rings. The average Bonchev–Trinajstić information content (AvgIpc) is 2.59. The second kappa shape index (κ2) is 10.2. The molecule has 1 unspecified atom stereocenters. The summed E-state index contributed by atoms with van der Waals surface area (Å²) in [6, 6.07) is -0.579. The van der Waals surface area contributed by atoms with Crippen LogP contribution in [-0.4, -0.2) is 61.0 Å². The van der Waals surface area contributed by atoms with Crippen LogP contribution in [0.1, 0.15) is 52.9 Å².